The Morgan fingerprint density at radius 3 is 2.61 bits per heavy atom. The van der Waals surface area contributed by atoms with E-state index < -0.39 is 0 Å². The van der Waals surface area contributed by atoms with Gasteiger partial charge < -0.3 is 19.5 Å². The number of rotatable bonds is 8. The molecule has 0 fully saturated rings. The molecule has 0 saturated heterocycles. The minimum absolute atomic E-state index is 0.498. The number of methoxy groups -OCH3 is 2. The van der Waals surface area contributed by atoms with E-state index in [4.69, 9.17) is 14.2 Å². The minimum atomic E-state index is 0.498. The summed E-state index contributed by atoms with van der Waals surface area (Å²) in [6.45, 7) is 4.87. The van der Waals surface area contributed by atoms with Crippen LogP contribution in [0.2, 0.25) is 0 Å². The molecule has 0 bridgehead atoms. The molecule has 0 unspecified atom stereocenters. The van der Waals surface area contributed by atoms with Gasteiger partial charge in [-0.1, -0.05) is 6.92 Å². The lowest BCUT2D eigenvalue weighted by atomic mass is 10.2. The van der Waals surface area contributed by atoms with E-state index in [0.717, 1.165) is 34.6 Å². The fraction of sp³-hybridized carbons (Fsp3) is 0.538. The Hall–Kier alpha value is -0.780. The maximum absolute atomic E-state index is 5.64. The number of hydrogen-bond donors (Lipinski definition) is 1. The molecule has 1 rings (SSSR count). The first kappa shape index (κ1) is 15.3. The van der Waals surface area contributed by atoms with E-state index >= 15 is 0 Å². The van der Waals surface area contributed by atoms with Crippen LogP contribution in [0, 0.1) is 0 Å². The molecule has 1 aromatic carbocycles. The molecule has 1 N–H and O–H groups in total. The number of hydrogen-bond acceptors (Lipinski definition) is 4. The summed E-state index contributed by atoms with van der Waals surface area (Å²) in [7, 11) is 3.29. The molecule has 0 spiro atoms. The summed E-state index contributed by atoms with van der Waals surface area (Å²) in [5.74, 6) is 1.45. The van der Waals surface area contributed by atoms with Crippen molar-refractivity contribution in [2.24, 2.45) is 0 Å². The second-order valence-electron chi connectivity index (χ2n) is 3.73. The lowest BCUT2D eigenvalue weighted by Gasteiger charge is -2.14. The quantitative estimate of drug-likeness (QED) is 0.748. The summed E-state index contributed by atoms with van der Waals surface area (Å²) < 4.78 is 16.9. The van der Waals surface area contributed by atoms with Crippen molar-refractivity contribution in [3.63, 3.8) is 0 Å². The highest BCUT2D eigenvalue weighted by molar-refractivity contribution is 9.10. The summed E-state index contributed by atoms with van der Waals surface area (Å²) in [4.78, 5) is 0. The maximum atomic E-state index is 5.64. The molecular weight excluding hydrogens is 298 g/mol. The fourth-order valence-corrected chi connectivity index (χ4v) is 2.12. The number of ether oxygens (including phenoxy) is 3. The smallest absolute Gasteiger partial charge is 0.175 e. The molecule has 0 radical (unpaired) electrons. The second-order valence-corrected chi connectivity index (χ2v) is 4.58. The van der Waals surface area contributed by atoms with Crippen LogP contribution in [-0.2, 0) is 11.3 Å². The normalized spacial score (nSPS) is 10.4. The van der Waals surface area contributed by atoms with E-state index in [1.54, 1.807) is 14.2 Å². The van der Waals surface area contributed by atoms with Crippen LogP contribution in [0.5, 0.6) is 11.5 Å². The van der Waals surface area contributed by atoms with Gasteiger partial charge in [-0.05, 0) is 40.2 Å². The average molecular weight is 318 g/mol. The van der Waals surface area contributed by atoms with Crippen molar-refractivity contribution < 1.29 is 14.2 Å². The molecule has 0 amide bonds. The van der Waals surface area contributed by atoms with Gasteiger partial charge in [-0.15, -0.1) is 0 Å². The second kappa shape index (κ2) is 8.34. The van der Waals surface area contributed by atoms with Crippen molar-refractivity contribution in [2.75, 3.05) is 34.0 Å². The number of halogens is 1. The molecule has 0 aliphatic heterocycles. The largest absolute Gasteiger partial charge is 0.493 e. The molecule has 4 nitrogen and oxygen atoms in total. The Kier molecular flexibility index (Phi) is 7.08. The van der Waals surface area contributed by atoms with Crippen molar-refractivity contribution in [3.8, 4) is 11.5 Å². The minimum Gasteiger partial charge on any atom is -0.493 e. The standard InChI is InChI=1S/C13H20BrNO3/c1-4-15-9-10-7-11(14)13(12(8-10)17-3)18-6-5-16-2/h7-8,15H,4-6,9H2,1-3H3. The Labute approximate surface area is 117 Å². The number of nitrogens with one attached hydrogen (secondary N) is 1. The third-order valence-corrected chi connectivity index (χ3v) is 2.99. The summed E-state index contributed by atoms with van der Waals surface area (Å²) in [6, 6.07) is 4.02. The van der Waals surface area contributed by atoms with Gasteiger partial charge in [0.15, 0.2) is 11.5 Å². The van der Waals surface area contributed by atoms with Crippen LogP contribution in [0.15, 0.2) is 16.6 Å². The third-order valence-electron chi connectivity index (χ3n) is 2.40. The summed E-state index contributed by atoms with van der Waals surface area (Å²) in [5.41, 5.74) is 1.15. The summed E-state index contributed by atoms with van der Waals surface area (Å²) >= 11 is 3.51. The van der Waals surface area contributed by atoms with Gasteiger partial charge in [-0.25, -0.2) is 0 Å². The van der Waals surface area contributed by atoms with Gasteiger partial charge >= 0.3 is 0 Å². The molecule has 102 valence electrons. The molecule has 0 aliphatic rings. The summed E-state index contributed by atoms with van der Waals surface area (Å²) in [6.07, 6.45) is 0. The van der Waals surface area contributed by atoms with Gasteiger partial charge in [0.25, 0.3) is 0 Å². The Bertz CT molecular complexity index is 371. The molecule has 0 atom stereocenters. The van der Waals surface area contributed by atoms with Crippen LogP contribution in [-0.4, -0.2) is 34.0 Å². The fourth-order valence-electron chi connectivity index (χ4n) is 1.51. The lowest BCUT2D eigenvalue weighted by molar-refractivity contribution is 0.143. The topological polar surface area (TPSA) is 39.7 Å². The van der Waals surface area contributed by atoms with Crippen LogP contribution in [0.4, 0.5) is 0 Å². The molecule has 0 aromatic heterocycles. The third kappa shape index (κ3) is 4.48. The highest BCUT2D eigenvalue weighted by Gasteiger charge is 2.11. The first-order valence-electron chi connectivity index (χ1n) is 5.91. The lowest BCUT2D eigenvalue weighted by Crippen LogP contribution is -2.12. The molecule has 0 saturated carbocycles. The predicted octanol–water partition coefficient (Wildman–Crippen LogP) is 2.59. The van der Waals surface area contributed by atoms with Gasteiger partial charge in [0.05, 0.1) is 18.2 Å². The molecule has 0 heterocycles. The van der Waals surface area contributed by atoms with Crippen LogP contribution in [0.25, 0.3) is 0 Å². The Balaban J connectivity index is 2.82. The average Bonchev–Trinajstić information content (AvgIpc) is 2.38. The van der Waals surface area contributed by atoms with Crippen molar-refractivity contribution in [1.82, 2.24) is 5.32 Å². The van der Waals surface area contributed by atoms with E-state index in [9.17, 15) is 0 Å². The van der Waals surface area contributed by atoms with Gasteiger partial charge in [0, 0.05) is 13.7 Å². The summed E-state index contributed by atoms with van der Waals surface area (Å²) in [5, 5.41) is 3.28. The first-order valence-corrected chi connectivity index (χ1v) is 6.71. The SMILES string of the molecule is CCNCc1cc(Br)c(OCCOC)c(OC)c1. The van der Waals surface area contributed by atoms with Crippen LogP contribution < -0.4 is 14.8 Å². The molecule has 1 aromatic rings. The van der Waals surface area contributed by atoms with E-state index in [-0.39, 0.29) is 0 Å². The van der Waals surface area contributed by atoms with Crippen LogP contribution in [0.1, 0.15) is 12.5 Å². The first-order chi connectivity index (χ1) is 8.72. The van der Waals surface area contributed by atoms with E-state index in [2.05, 4.69) is 28.2 Å². The van der Waals surface area contributed by atoms with E-state index in [1.165, 1.54) is 0 Å². The molecule has 0 aliphatic carbocycles. The highest BCUT2D eigenvalue weighted by atomic mass is 79.9. The zero-order chi connectivity index (χ0) is 13.4. The molecule has 5 heteroatoms. The van der Waals surface area contributed by atoms with Crippen LogP contribution >= 0.6 is 15.9 Å². The van der Waals surface area contributed by atoms with E-state index in [1.807, 2.05) is 12.1 Å². The van der Waals surface area contributed by atoms with Crippen molar-refractivity contribution in [1.29, 1.82) is 0 Å². The molecular formula is C13H20BrNO3. The van der Waals surface area contributed by atoms with Gasteiger partial charge in [-0.2, -0.15) is 0 Å². The highest BCUT2D eigenvalue weighted by Crippen LogP contribution is 2.36. The monoisotopic (exact) mass is 317 g/mol. The maximum Gasteiger partial charge on any atom is 0.175 e. The van der Waals surface area contributed by atoms with Gasteiger partial charge in [0.1, 0.15) is 6.61 Å². The zero-order valence-electron chi connectivity index (χ0n) is 11.1. The van der Waals surface area contributed by atoms with Crippen molar-refractivity contribution in [3.05, 3.63) is 22.2 Å². The zero-order valence-corrected chi connectivity index (χ0v) is 12.7. The Morgan fingerprint density at radius 1 is 1.22 bits per heavy atom. The van der Waals surface area contributed by atoms with Gasteiger partial charge in [0.2, 0.25) is 0 Å². The van der Waals surface area contributed by atoms with Gasteiger partial charge in [-0.3, -0.25) is 0 Å². The predicted molar refractivity (Wildman–Crippen MR) is 75.4 cm³/mol. The molecule has 18 heavy (non-hydrogen) atoms. The van der Waals surface area contributed by atoms with E-state index in [0.29, 0.717) is 13.2 Å². The Morgan fingerprint density at radius 2 is 2.00 bits per heavy atom. The van der Waals surface area contributed by atoms with Crippen LogP contribution in [0.3, 0.4) is 0 Å². The van der Waals surface area contributed by atoms with Crippen molar-refractivity contribution >= 4 is 15.9 Å². The van der Waals surface area contributed by atoms with Crippen molar-refractivity contribution in [2.45, 2.75) is 13.5 Å². The number of benzene rings is 1.